The summed E-state index contributed by atoms with van der Waals surface area (Å²) in [6.07, 6.45) is 23.7. The Morgan fingerprint density at radius 1 is 0.863 bits per heavy atom. The zero-order valence-electron chi connectivity index (χ0n) is 31.0. The fourth-order valence-corrected chi connectivity index (χ4v) is 6.24. The van der Waals surface area contributed by atoms with Gasteiger partial charge in [-0.15, -0.1) is 0 Å². The predicted octanol–water partition coefficient (Wildman–Crippen LogP) is 6.44. The van der Waals surface area contributed by atoms with Crippen molar-refractivity contribution in [3.05, 3.63) is 60.9 Å². The number of carbonyl (C=O) groups is 1. The molecule has 13 heteroatoms. The van der Waals surface area contributed by atoms with Crippen molar-refractivity contribution in [3.8, 4) is 0 Å². The standard InChI is InChI=1S/C38H66NO11P/c1-4-7-10-12-14-15-16-17-18-19-20-21-23-26-32(41)31(39-34(42)27-24-22-13-11-8-5-2)30-48-51(45,46)50-38-36(44)37(47-28-25-9-6-3)35(43)33(29-40)49-38/h5-6,8-9,11,13,23,25-26,28,31-33,35-38,40-41,43-44H,4,7,10,12,14-22,24,27,29-30H2,1-3H3,(H,39,42)(H,45,46)/b8-5+,9-6+,13-11+,26-23+,28-25+/t31?,32?,33-,35-,36-,37-,38-/m1/s1. The Morgan fingerprint density at radius 2 is 1.47 bits per heavy atom. The van der Waals surface area contributed by atoms with Crippen LogP contribution in [0.2, 0.25) is 0 Å². The van der Waals surface area contributed by atoms with E-state index in [4.69, 9.17) is 18.5 Å². The molecule has 0 aromatic carbocycles. The fourth-order valence-electron chi connectivity index (χ4n) is 5.40. The third-order valence-electron chi connectivity index (χ3n) is 8.37. The molecule has 1 amide bonds. The van der Waals surface area contributed by atoms with Crippen molar-refractivity contribution < 1.29 is 53.2 Å². The Morgan fingerprint density at radius 3 is 2.10 bits per heavy atom. The van der Waals surface area contributed by atoms with Crippen LogP contribution >= 0.6 is 7.82 Å². The summed E-state index contributed by atoms with van der Waals surface area (Å²) in [5.74, 6) is -0.369. The molecule has 0 bridgehead atoms. The highest BCUT2D eigenvalue weighted by Gasteiger charge is 2.48. The number of phosphoric acid groups is 1. The summed E-state index contributed by atoms with van der Waals surface area (Å²) in [6, 6.07) is -1.09. The molecule has 0 radical (unpaired) electrons. The maximum atomic E-state index is 13.0. The van der Waals surface area contributed by atoms with Gasteiger partial charge in [-0.3, -0.25) is 13.8 Å². The summed E-state index contributed by atoms with van der Waals surface area (Å²) >= 11 is 0. The van der Waals surface area contributed by atoms with E-state index in [0.29, 0.717) is 12.8 Å². The normalized spacial score (nSPS) is 23.9. The lowest BCUT2D eigenvalue weighted by molar-refractivity contribution is -0.282. The van der Waals surface area contributed by atoms with Crippen molar-refractivity contribution >= 4 is 13.7 Å². The lowest BCUT2D eigenvalue weighted by Gasteiger charge is -2.41. The molecule has 1 saturated heterocycles. The number of hydrogen-bond donors (Lipinski definition) is 6. The molecule has 1 aliphatic heterocycles. The summed E-state index contributed by atoms with van der Waals surface area (Å²) in [4.78, 5) is 23.3. The van der Waals surface area contributed by atoms with Crippen molar-refractivity contribution in [1.29, 1.82) is 0 Å². The van der Waals surface area contributed by atoms with Crippen LogP contribution in [0.3, 0.4) is 0 Å². The number of carbonyl (C=O) groups excluding carboxylic acids is 1. The predicted molar refractivity (Wildman–Crippen MR) is 199 cm³/mol. The van der Waals surface area contributed by atoms with Gasteiger partial charge in [0, 0.05) is 6.42 Å². The molecular weight excluding hydrogens is 677 g/mol. The molecule has 8 atom stereocenters. The van der Waals surface area contributed by atoms with Gasteiger partial charge in [-0.25, -0.2) is 4.57 Å². The van der Waals surface area contributed by atoms with E-state index in [1.54, 1.807) is 19.1 Å². The number of unbranched alkanes of at least 4 members (excludes halogenated alkanes) is 12. The number of ether oxygens (including phenoxy) is 2. The van der Waals surface area contributed by atoms with E-state index in [1.165, 1.54) is 69.8 Å². The molecule has 12 nitrogen and oxygen atoms in total. The first-order valence-corrected chi connectivity index (χ1v) is 20.2. The van der Waals surface area contributed by atoms with Crippen LogP contribution in [0.5, 0.6) is 0 Å². The summed E-state index contributed by atoms with van der Waals surface area (Å²) in [5, 5.41) is 44.5. The molecular formula is C38H66NO11P. The topological polar surface area (TPSA) is 184 Å². The molecule has 0 aromatic heterocycles. The van der Waals surface area contributed by atoms with E-state index in [9.17, 15) is 34.7 Å². The molecule has 6 N–H and O–H groups in total. The first-order chi connectivity index (χ1) is 24.6. The lowest BCUT2D eigenvalue weighted by atomic mass is 9.99. The highest BCUT2D eigenvalue weighted by Crippen LogP contribution is 2.46. The monoisotopic (exact) mass is 743 g/mol. The van der Waals surface area contributed by atoms with Gasteiger partial charge in [0.2, 0.25) is 5.91 Å². The van der Waals surface area contributed by atoms with E-state index in [1.807, 2.05) is 37.3 Å². The van der Waals surface area contributed by atoms with Gasteiger partial charge < -0.3 is 40.1 Å². The molecule has 0 aliphatic carbocycles. The highest BCUT2D eigenvalue weighted by molar-refractivity contribution is 7.47. The van der Waals surface area contributed by atoms with E-state index in [2.05, 4.69) is 12.2 Å². The van der Waals surface area contributed by atoms with Crippen LogP contribution in [0.1, 0.15) is 117 Å². The summed E-state index contributed by atoms with van der Waals surface area (Å²) in [6.45, 7) is 4.61. The minimum absolute atomic E-state index is 0.163. The second kappa shape index (κ2) is 29.3. The third-order valence-corrected chi connectivity index (χ3v) is 9.32. The summed E-state index contributed by atoms with van der Waals surface area (Å²) in [7, 11) is -4.99. The average molecular weight is 744 g/mol. The van der Waals surface area contributed by atoms with Crippen LogP contribution in [-0.4, -0.2) is 87.3 Å². The van der Waals surface area contributed by atoms with Gasteiger partial charge in [0.25, 0.3) is 0 Å². The van der Waals surface area contributed by atoms with E-state index < -0.39 is 63.9 Å². The Hall–Kier alpha value is -2.12. The van der Waals surface area contributed by atoms with Gasteiger partial charge in [0.15, 0.2) is 12.4 Å². The number of nitrogens with one attached hydrogen (secondary N) is 1. The van der Waals surface area contributed by atoms with E-state index >= 15 is 0 Å². The molecule has 0 saturated carbocycles. The van der Waals surface area contributed by atoms with Crippen molar-refractivity contribution in [2.75, 3.05) is 13.2 Å². The van der Waals surface area contributed by atoms with Gasteiger partial charge >= 0.3 is 7.82 Å². The Kier molecular flexibility index (Phi) is 27.0. The zero-order valence-corrected chi connectivity index (χ0v) is 31.9. The second-order valence-corrected chi connectivity index (χ2v) is 14.2. The lowest BCUT2D eigenvalue weighted by Crippen LogP contribution is -2.59. The van der Waals surface area contributed by atoms with Crippen molar-refractivity contribution in [2.24, 2.45) is 0 Å². The van der Waals surface area contributed by atoms with E-state index in [0.717, 1.165) is 25.7 Å². The second-order valence-electron chi connectivity index (χ2n) is 12.8. The van der Waals surface area contributed by atoms with Gasteiger partial charge in [-0.05, 0) is 45.6 Å². The molecule has 51 heavy (non-hydrogen) atoms. The molecule has 1 heterocycles. The first kappa shape index (κ1) is 46.9. The number of allylic oxidation sites excluding steroid dienone is 8. The highest BCUT2D eigenvalue weighted by atomic mass is 31.2. The zero-order chi connectivity index (χ0) is 37.7. The number of phosphoric ester groups is 1. The number of amides is 1. The van der Waals surface area contributed by atoms with Crippen molar-refractivity contribution in [3.63, 3.8) is 0 Å². The van der Waals surface area contributed by atoms with Crippen LogP contribution in [0.15, 0.2) is 60.9 Å². The van der Waals surface area contributed by atoms with Gasteiger partial charge in [0.1, 0.15) is 18.3 Å². The molecule has 1 rings (SSSR count). The van der Waals surface area contributed by atoms with Crippen molar-refractivity contribution in [1.82, 2.24) is 5.32 Å². The number of aliphatic hydroxyl groups excluding tert-OH is 4. The first-order valence-electron chi connectivity index (χ1n) is 18.7. The minimum atomic E-state index is -4.99. The van der Waals surface area contributed by atoms with Crippen LogP contribution in [0.25, 0.3) is 0 Å². The number of aliphatic hydroxyl groups is 4. The molecule has 0 spiro atoms. The average Bonchev–Trinajstić information content (AvgIpc) is 3.10. The Bertz CT molecular complexity index is 1100. The molecule has 294 valence electrons. The Balaban J connectivity index is 2.77. The smallest absolute Gasteiger partial charge is 0.474 e. The maximum absolute atomic E-state index is 13.0. The maximum Gasteiger partial charge on any atom is 0.474 e. The summed E-state index contributed by atoms with van der Waals surface area (Å²) < 4.78 is 34.0. The molecule has 1 fully saturated rings. The largest absolute Gasteiger partial charge is 0.492 e. The van der Waals surface area contributed by atoms with Gasteiger partial charge in [-0.2, -0.15) is 0 Å². The van der Waals surface area contributed by atoms with Crippen LogP contribution < -0.4 is 5.32 Å². The quantitative estimate of drug-likeness (QED) is 0.0163. The molecule has 0 aromatic rings. The minimum Gasteiger partial charge on any atom is -0.492 e. The van der Waals surface area contributed by atoms with Gasteiger partial charge in [0.05, 0.1) is 31.6 Å². The molecule has 3 unspecified atom stereocenters. The van der Waals surface area contributed by atoms with Crippen molar-refractivity contribution in [2.45, 2.75) is 160 Å². The Labute approximate surface area is 305 Å². The van der Waals surface area contributed by atoms with Crippen LogP contribution in [-0.2, 0) is 27.9 Å². The number of hydrogen-bond acceptors (Lipinski definition) is 10. The van der Waals surface area contributed by atoms with Gasteiger partial charge in [-0.1, -0.05) is 120 Å². The SMILES string of the molecule is C/C=C/C=C/CCCC(=O)NC(COP(=O)(O)O[C@H]1O[C@H](CO)[C@@H](O)[C@@H](O/C=C/C=C/C)[C@H]1O)C(O)/C=C/CCCCCCCCCCCCC. The third kappa shape index (κ3) is 21.9. The molecule has 1 aliphatic rings. The van der Waals surface area contributed by atoms with Crippen LogP contribution in [0, 0.1) is 0 Å². The fraction of sp³-hybridized carbons (Fsp3) is 0.711. The summed E-state index contributed by atoms with van der Waals surface area (Å²) in [5.41, 5.74) is 0. The van der Waals surface area contributed by atoms with Crippen LogP contribution in [0.4, 0.5) is 0 Å². The number of rotatable bonds is 29. The van der Waals surface area contributed by atoms with E-state index in [-0.39, 0.29) is 12.3 Å².